The van der Waals surface area contributed by atoms with E-state index in [1.165, 1.54) is 6.92 Å². The number of esters is 1. The lowest BCUT2D eigenvalue weighted by molar-refractivity contribution is -0.235. The Morgan fingerprint density at radius 3 is 2.64 bits per heavy atom. The highest BCUT2D eigenvalue weighted by Crippen LogP contribution is 2.64. The van der Waals surface area contributed by atoms with Crippen molar-refractivity contribution in [1.82, 2.24) is 0 Å². The first-order valence-electron chi connectivity index (χ1n) is 7.99. The van der Waals surface area contributed by atoms with Gasteiger partial charge < -0.3 is 14.6 Å². The monoisotopic (exact) mass is 306 g/mol. The fraction of sp³-hybridized carbons (Fsp3) is 0.765. The van der Waals surface area contributed by atoms with Crippen molar-refractivity contribution in [1.29, 1.82) is 0 Å². The van der Waals surface area contributed by atoms with Crippen molar-refractivity contribution in [3.8, 4) is 0 Å². The Morgan fingerprint density at radius 2 is 1.95 bits per heavy atom. The summed E-state index contributed by atoms with van der Waals surface area (Å²) in [6.45, 7) is 7.21. The summed E-state index contributed by atoms with van der Waals surface area (Å²) in [6.07, 6.45) is 2.26. The lowest BCUT2D eigenvalue weighted by atomic mass is 9.65. The summed E-state index contributed by atoms with van der Waals surface area (Å²) in [6, 6.07) is 0. The first kappa shape index (κ1) is 14.4. The van der Waals surface area contributed by atoms with Gasteiger partial charge in [-0.05, 0) is 33.1 Å². The lowest BCUT2D eigenvalue weighted by Crippen LogP contribution is -2.46. The number of fused-ring (bicyclic) bond motifs is 2. The number of Topliss-reactive ketones (excluding diaryl/α,β-unsaturated/α-hetero) is 1. The Morgan fingerprint density at radius 1 is 1.27 bits per heavy atom. The molecule has 4 aliphatic rings. The standard InChI is InChI=1S/C17H22O5/c1-8-7-10-12-13(15(2)9(8)5-6-11(15)18)22-17(4,20)16(12,3)14(19)21-10/h5,8,10,12-13,20H,6-7H2,1-4H3/t8?,10-,12?,13?,15-,16?,17-/m0/s1. The van der Waals surface area contributed by atoms with E-state index < -0.39 is 28.7 Å². The number of hydrogen-bond acceptors (Lipinski definition) is 5. The van der Waals surface area contributed by atoms with Gasteiger partial charge in [-0.1, -0.05) is 18.6 Å². The minimum Gasteiger partial charge on any atom is -0.461 e. The Hall–Kier alpha value is -1.20. The van der Waals surface area contributed by atoms with Crippen LogP contribution < -0.4 is 0 Å². The van der Waals surface area contributed by atoms with Crippen LogP contribution in [0.1, 0.15) is 40.5 Å². The Bertz CT molecular complexity index is 621. The van der Waals surface area contributed by atoms with E-state index in [9.17, 15) is 14.7 Å². The number of ketones is 1. The van der Waals surface area contributed by atoms with E-state index in [2.05, 4.69) is 6.92 Å². The lowest BCUT2D eigenvalue weighted by Gasteiger charge is -2.35. The highest BCUT2D eigenvalue weighted by molar-refractivity contribution is 5.93. The van der Waals surface area contributed by atoms with Crippen molar-refractivity contribution >= 4 is 11.8 Å². The Balaban J connectivity index is 1.93. The highest BCUT2D eigenvalue weighted by Gasteiger charge is 2.76. The van der Waals surface area contributed by atoms with Gasteiger partial charge in [0.25, 0.3) is 0 Å². The van der Waals surface area contributed by atoms with Crippen LogP contribution in [0.25, 0.3) is 0 Å². The largest absolute Gasteiger partial charge is 0.461 e. The number of aliphatic hydroxyl groups is 1. The maximum absolute atomic E-state index is 12.7. The van der Waals surface area contributed by atoms with Gasteiger partial charge in [-0.25, -0.2) is 0 Å². The van der Waals surface area contributed by atoms with Gasteiger partial charge in [-0.15, -0.1) is 0 Å². The van der Waals surface area contributed by atoms with Crippen molar-refractivity contribution in [3.63, 3.8) is 0 Å². The zero-order valence-electron chi connectivity index (χ0n) is 13.4. The first-order chi connectivity index (χ1) is 10.1. The van der Waals surface area contributed by atoms with E-state index in [-0.39, 0.29) is 23.7 Å². The van der Waals surface area contributed by atoms with Gasteiger partial charge in [0.1, 0.15) is 17.3 Å². The summed E-state index contributed by atoms with van der Waals surface area (Å²) in [5, 5.41) is 10.8. The number of rotatable bonds is 0. The van der Waals surface area contributed by atoms with Crippen LogP contribution in [0.4, 0.5) is 0 Å². The molecule has 7 atom stereocenters. The zero-order valence-corrected chi connectivity index (χ0v) is 13.4. The van der Waals surface area contributed by atoms with E-state index in [0.29, 0.717) is 12.8 Å². The predicted molar refractivity (Wildman–Crippen MR) is 76.6 cm³/mol. The summed E-state index contributed by atoms with van der Waals surface area (Å²) in [7, 11) is 0. The summed E-state index contributed by atoms with van der Waals surface area (Å²) in [5.41, 5.74) is -0.814. The van der Waals surface area contributed by atoms with Gasteiger partial charge in [-0.3, -0.25) is 9.59 Å². The molecule has 0 radical (unpaired) electrons. The van der Waals surface area contributed by atoms with Crippen LogP contribution in [0.2, 0.25) is 0 Å². The quantitative estimate of drug-likeness (QED) is 0.543. The maximum Gasteiger partial charge on any atom is 0.318 e. The zero-order chi connectivity index (χ0) is 16.1. The second kappa shape index (κ2) is 3.82. The average Bonchev–Trinajstić information content (AvgIpc) is 2.91. The SMILES string of the molecule is CC1C[C@@H]2OC(=O)C3(C)C2C(O[C@]3(C)O)[C@]2(C)C(=O)CC=C12. The molecule has 1 N–H and O–H groups in total. The van der Waals surface area contributed by atoms with Crippen LogP contribution in [0.5, 0.6) is 0 Å². The van der Waals surface area contributed by atoms with E-state index >= 15 is 0 Å². The molecule has 0 aromatic heterocycles. The molecule has 4 rings (SSSR count). The molecule has 0 amide bonds. The smallest absolute Gasteiger partial charge is 0.318 e. The molecule has 5 heteroatoms. The van der Waals surface area contributed by atoms with Crippen molar-refractivity contribution < 1.29 is 24.2 Å². The average molecular weight is 306 g/mol. The molecule has 2 aliphatic heterocycles. The van der Waals surface area contributed by atoms with Gasteiger partial charge in [0.2, 0.25) is 0 Å². The van der Waals surface area contributed by atoms with Crippen LogP contribution >= 0.6 is 0 Å². The first-order valence-corrected chi connectivity index (χ1v) is 7.99. The van der Waals surface area contributed by atoms with Crippen LogP contribution in [-0.2, 0) is 19.1 Å². The molecule has 22 heavy (non-hydrogen) atoms. The minimum absolute atomic E-state index is 0.111. The van der Waals surface area contributed by atoms with Gasteiger partial charge in [0.15, 0.2) is 5.79 Å². The van der Waals surface area contributed by atoms with Gasteiger partial charge in [-0.2, -0.15) is 0 Å². The molecule has 2 heterocycles. The second-order valence-electron chi connectivity index (χ2n) is 7.82. The highest BCUT2D eigenvalue weighted by atomic mass is 16.7. The fourth-order valence-electron chi connectivity index (χ4n) is 5.25. The van der Waals surface area contributed by atoms with E-state index in [1.807, 2.05) is 13.0 Å². The number of carbonyl (C=O) groups excluding carboxylic acids is 2. The van der Waals surface area contributed by atoms with Gasteiger partial charge in [0, 0.05) is 12.3 Å². The summed E-state index contributed by atoms with van der Waals surface area (Å²) >= 11 is 0. The number of hydrogen-bond donors (Lipinski definition) is 1. The maximum atomic E-state index is 12.7. The second-order valence-corrected chi connectivity index (χ2v) is 7.82. The van der Waals surface area contributed by atoms with Crippen molar-refractivity contribution in [2.75, 3.05) is 0 Å². The molecular formula is C17H22O5. The molecule has 4 unspecified atom stereocenters. The van der Waals surface area contributed by atoms with E-state index in [4.69, 9.17) is 9.47 Å². The van der Waals surface area contributed by atoms with Crippen molar-refractivity contribution in [2.45, 2.75) is 58.5 Å². The molecule has 0 aromatic rings. The topological polar surface area (TPSA) is 72.8 Å². The summed E-state index contributed by atoms with van der Waals surface area (Å²) in [4.78, 5) is 25.1. The Kier molecular flexibility index (Phi) is 2.50. The fourth-order valence-corrected chi connectivity index (χ4v) is 5.25. The molecule has 0 spiro atoms. The van der Waals surface area contributed by atoms with Gasteiger partial charge in [0.05, 0.1) is 11.5 Å². The van der Waals surface area contributed by atoms with Crippen LogP contribution in [0.15, 0.2) is 11.6 Å². The van der Waals surface area contributed by atoms with Crippen LogP contribution in [0.3, 0.4) is 0 Å². The third-order valence-corrected chi connectivity index (χ3v) is 6.77. The van der Waals surface area contributed by atoms with Crippen LogP contribution in [-0.4, -0.2) is 34.9 Å². The molecule has 2 aliphatic carbocycles. The summed E-state index contributed by atoms with van der Waals surface area (Å²) < 4.78 is 11.6. The molecule has 2 saturated heterocycles. The normalized spacial score (nSPS) is 56.3. The number of ether oxygens (including phenoxy) is 2. The Labute approximate surface area is 129 Å². The molecule has 1 saturated carbocycles. The predicted octanol–water partition coefficient (Wildman–Crippen LogP) is 1.59. The van der Waals surface area contributed by atoms with Crippen molar-refractivity contribution in [3.05, 3.63) is 11.6 Å². The third kappa shape index (κ3) is 1.30. The molecular weight excluding hydrogens is 284 g/mol. The van der Waals surface area contributed by atoms with E-state index in [1.54, 1.807) is 6.92 Å². The molecule has 120 valence electrons. The van der Waals surface area contributed by atoms with Crippen LogP contribution in [0, 0.1) is 22.7 Å². The third-order valence-electron chi connectivity index (χ3n) is 6.77. The number of allylic oxidation sites excluding steroid dienone is 1. The molecule has 0 aromatic carbocycles. The molecule has 0 bridgehead atoms. The van der Waals surface area contributed by atoms with Crippen molar-refractivity contribution in [2.24, 2.45) is 22.7 Å². The van der Waals surface area contributed by atoms with Gasteiger partial charge >= 0.3 is 5.97 Å². The summed E-state index contributed by atoms with van der Waals surface area (Å²) in [5.74, 6) is -2.06. The number of carbonyl (C=O) groups is 2. The molecule has 3 fully saturated rings. The van der Waals surface area contributed by atoms with E-state index in [0.717, 1.165) is 5.57 Å². The molecule has 5 nitrogen and oxygen atoms in total. The minimum atomic E-state index is -1.62.